The summed E-state index contributed by atoms with van der Waals surface area (Å²) in [6.45, 7) is 0. The highest BCUT2D eigenvalue weighted by Crippen LogP contribution is 2.44. The number of fused-ring (bicyclic) bond motifs is 6. The van der Waals surface area contributed by atoms with Crippen LogP contribution in [0.25, 0.3) is 55.0 Å². The molecule has 4 heteroatoms. The third kappa shape index (κ3) is 4.04. The normalized spacial score (nSPS) is 11.6. The van der Waals surface area contributed by atoms with Crippen molar-refractivity contribution in [3.8, 4) is 11.4 Å². The second-order valence-electron chi connectivity index (χ2n) is 11.6. The molecule has 3 nitrogen and oxygen atoms in total. The molecular weight excluding hydrogens is 565 g/mol. The van der Waals surface area contributed by atoms with E-state index in [2.05, 4.69) is 147 Å². The second-order valence-corrected chi connectivity index (χ2v) is 11.6. The Kier molecular flexibility index (Phi) is 6.00. The van der Waals surface area contributed by atoms with Gasteiger partial charge in [0.25, 0.3) is 0 Å². The van der Waals surface area contributed by atoms with Gasteiger partial charge < -0.3 is 14.0 Å². The van der Waals surface area contributed by atoms with Crippen molar-refractivity contribution < 1.29 is 4.39 Å². The van der Waals surface area contributed by atoms with Gasteiger partial charge in [0, 0.05) is 44.3 Å². The first-order valence-corrected chi connectivity index (χ1v) is 15.5. The number of anilines is 3. The van der Waals surface area contributed by atoms with Gasteiger partial charge in [-0.15, -0.1) is 0 Å². The molecule has 218 valence electrons. The summed E-state index contributed by atoms with van der Waals surface area (Å²) < 4.78 is 19.0. The first kappa shape index (κ1) is 26.3. The Hall–Kier alpha value is -6.13. The predicted octanol–water partition coefficient (Wildman–Crippen LogP) is 11.5. The van der Waals surface area contributed by atoms with Crippen LogP contribution in [0, 0.1) is 5.82 Å². The summed E-state index contributed by atoms with van der Waals surface area (Å²) in [4.78, 5) is 2.26. The number of benzene rings is 7. The van der Waals surface area contributed by atoms with Crippen LogP contribution >= 0.6 is 0 Å². The fraction of sp³-hybridized carbons (Fsp3) is 0. The zero-order valence-electron chi connectivity index (χ0n) is 24.9. The molecule has 0 fully saturated rings. The highest BCUT2D eigenvalue weighted by atomic mass is 19.1. The average molecular weight is 594 g/mol. The SMILES string of the molecule is Fc1ccc(N(c2ccc3c(c2)c2ccccc2n3-c2ccccc2)c2cccc3c4ccccc4n(-c4ccccc4)c23)cc1. The Morgan fingerprint density at radius 3 is 1.61 bits per heavy atom. The molecule has 2 aromatic heterocycles. The smallest absolute Gasteiger partial charge is 0.123 e. The molecule has 0 radical (unpaired) electrons. The summed E-state index contributed by atoms with van der Waals surface area (Å²) in [5.41, 5.74) is 9.60. The van der Waals surface area contributed by atoms with E-state index in [9.17, 15) is 4.39 Å². The Morgan fingerprint density at radius 1 is 0.391 bits per heavy atom. The zero-order chi connectivity index (χ0) is 30.6. The van der Waals surface area contributed by atoms with Gasteiger partial charge in [0.1, 0.15) is 5.82 Å². The van der Waals surface area contributed by atoms with Crippen LogP contribution in [0.1, 0.15) is 0 Å². The number of rotatable bonds is 5. The predicted molar refractivity (Wildman–Crippen MR) is 190 cm³/mol. The third-order valence-corrected chi connectivity index (χ3v) is 8.94. The summed E-state index contributed by atoms with van der Waals surface area (Å²) >= 11 is 0. The fourth-order valence-electron chi connectivity index (χ4n) is 7.00. The van der Waals surface area contributed by atoms with Crippen LogP contribution in [-0.4, -0.2) is 9.13 Å². The van der Waals surface area contributed by atoms with E-state index in [0.29, 0.717) is 0 Å². The van der Waals surface area contributed by atoms with Crippen molar-refractivity contribution in [2.45, 2.75) is 0 Å². The lowest BCUT2D eigenvalue weighted by atomic mass is 10.1. The summed E-state index contributed by atoms with van der Waals surface area (Å²) in [6.07, 6.45) is 0. The maximum Gasteiger partial charge on any atom is 0.123 e. The van der Waals surface area contributed by atoms with Crippen LogP contribution in [0.3, 0.4) is 0 Å². The summed E-state index contributed by atoms with van der Waals surface area (Å²) in [7, 11) is 0. The molecule has 9 rings (SSSR count). The summed E-state index contributed by atoms with van der Waals surface area (Å²) in [5, 5.41) is 4.67. The van der Waals surface area contributed by atoms with Crippen LogP contribution in [0.2, 0.25) is 0 Å². The minimum absolute atomic E-state index is 0.262. The molecule has 0 amide bonds. The molecule has 46 heavy (non-hydrogen) atoms. The largest absolute Gasteiger partial charge is 0.309 e. The minimum atomic E-state index is -0.262. The summed E-state index contributed by atoms with van der Waals surface area (Å²) in [6, 6.07) is 58.0. The van der Waals surface area contributed by atoms with Crippen LogP contribution in [0.5, 0.6) is 0 Å². The fourth-order valence-corrected chi connectivity index (χ4v) is 7.00. The minimum Gasteiger partial charge on any atom is -0.309 e. The topological polar surface area (TPSA) is 13.1 Å². The molecule has 0 aliphatic rings. The second kappa shape index (κ2) is 10.5. The molecule has 0 aliphatic carbocycles. The zero-order valence-corrected chi connectivity index (χ0v) is 24.9. The van der Waals surface area contributed by atoms with Crippen molar-refractivity contribution in [2.75, 3.05) is 4.90 Å². The monoisotopic (exact) mass is 593 g/mol. The van der Waals surface area contributed by atoms with E-state index in [4.69, 9.17) is 0 Å². The molecule has 9 aromatic rings. The molecule has 0 aliphatic heterocycles. The van der Waals surface area contributed by atoms with Gasteiger partial charge in [0.05, 0.1) is 27.8 Å². The van der Waals surface area contributed by atoms with Crippen LogP contribution in [-0.2, 0) is 0 Å². The van der Waals surface area contributed by atoms with Gasteiger partial charge in [-0.2, -0.15) is 0 Å². The Balaban J connectivity index is 1.37. The van der Waals surface area contributed by atoms with E-state index in [1.54, 1.807) is 0 Å². The van der Waals surface area contributed by atoms with Gasteiger partial charge in [0.2, 0.25) is 0 Å². The molecule has 2 heterocycles. The quantitative estimate of drug-likeness (QED) is 0.193. The van der Waals surface area contributed by atoms with Crippen molar-refractivity contribution in [3.63, 3.8) is 0 Å². The van der Waals surface area contributed by atoms with Crippen molar-refractivity contribution in [2.24, 2.45) is 0 Å². The van der Waals surface area contributed by atoms with Crippen LogP contribution < -0.4 is 4.90 Å². The highest BCUT2D eigenvalue weighted by Gasteiger charge is 2.22. The molecule has 0 unspecified atom stereocenters. The Morgan fingerprint density at radius 2 is 0.913 bits per heavy atom. The van der Waals surface area contributed by atoms with Crippen molar-refractivity contribution in [3.05, 3.63) is 176 Å². The first-order valence-electron chi connectivity index (χ1n) is 15.5. The van der Waals surface area contributed by atoms with E-state index < -0.39 is 0 Å². The van der Waals surface area contributed by atoms with Crippen LogP contribution in [0.4, 0.5) is 21.5 Å². The molecular formula is C42H28FN3. The van der Waals surface area contributed by atoms with Crippen molar-refractivity contribution >= 4 is 60.7 Å². The van der Waals surface area contributed by atoms with Gasteiger partial charge in [-0.05, 0) is 84.9 Å². The molecule has 7 aromatic carbocycles. The lowest BCUT2D eigenvalue weighted by Gasteiger charge is -2.27. The molecule has 0 saturated carbocycles. The van der Waals surface area contributed by atoms with Gasteiger partial charge in [-0.1, -0.05) is 84.9 Å². The average Bonchev–Trinajstić information content (AvgIpc) is 3.63. The summed E-state index contributed by atoms with van der Waals surface area (Å²) in [5.74, 6) is -0.262. The number of hydrogen-bond acceptors (Lipinski definition) is 1. The van der Waals surface area contributed by atoms with E-state index >= 15 is 0 Å². The maximum absolute atomic E-state index is 14.4. The molecule has 0 saturated heterocycles. The molecule has 0 spiro atoms. The number of halogens is 1. The van der Waals surface area contributed by atoms with Gasteiger partial charge in [0.15, 0.2) is 0 Å². The lowest BCUT2D eigenvalue weighted by Crippen LogP contribution is -2.11. The van der Waals surface area contributed by atoms with E-state index in [0.717, 1.165) is 61.3 Å². The van der Waals surface area contributed by atoms with Gasteiger partial charge in [-0.25, -0.2) is 4.39 Å². The van der Waals surface area contributed by atoms with Gasteiger partial charge in [-0.3, -0.25) is 0 Å². The first-order chi connectivity index (χ1) is 22.8. The number of nitrogens with zero attached hydrogens (tertiary/aromatic N) is 3. The maximum atomic E-state index is 14.4. The third-order valence-electron chi connectivity index (χ3n) is 8.94. The standard InChI is InChI=1S/C42H28FN3/c43-29-22-24-32(25-23-29)44(33-26-27-40-37(28-33)35-17-8-9-19-38(35)45(40)30-12-3-1-4-13-30)41-21-11-18-36-34-16-7-10-20-39(34)46(42(36)41)31-14-5-2-6-15-31/h1-28H. The molecule has 0 N–H and O–H groups in total. The Labute approximate surface area is 265 Å². The highest BCUT2D eigenvalue weighted by molar-refractivity contribution is 6.15. The van der Waals surface area contributed by atoms with Gasteiger partial charge >= 0.3 is 0 Å². The van der Waals surface area contributed by atoms with E-state index in [1.165, 1.54) is 22.9 Å². The number of hydrogen-bond donors (Lipinski definition) is 0. The van der Waals surface area contributed by atoms with E-state index in [1.807, 2.05) is 24.3 Å². The van der Waals surface area contributed by atoms with Crippen molar-refractivity contribution in [1.29, 1.82) is 0 Å². The number of aromatic nitrogens is 2. The van der Waals surface area contributed by atoms with Crippen molar-refractivity contribution in [1.82, 2.24) is 9.13 Å². The van der Waals surface area contributed by atoms with Crippen LogP contribution in [0.15, 0.2) is 170 Å². The molecule has 0 atom stereocenters. The Bertz CT molecular complexity index is 2530. The lowest BCUT2D eigenvalue weighted by molar-refractivity contribution is 0.628. The number of para-hydroxylation sites is 5. The molecule has 0 bridgehead atoms. The van der Waals surface area contributed by atoms with E-state index in [-0.39, 0.29) is 5.82 Å².